The van der Waals surface area contributed by atoms with Crippen molar-refractivity contribution in [3.05, 3.63) is 41.1 Å². The van der Waals surface area contributed by atoms with E-state index < -0.39 is 90.9 Å². The molecule has 46 heavy (non-hydrogen) atoms. The van der Waals surface area contributed by atoms with Gasteiger partial charge in [-0.2, -0.15) is 0 Å². The van der Waals surface area contributed by atoms with Crippen LogP contribution in [-0.4, -0.2) is 123 Å². The molecule has 9 unspecified atom stereocenters. The molecule has 0 aromatic heterocycles. The number of carbonyl (C=O) groups excluding carboxylic acids is 3. The number of carboxylic acids is 3. The molecule has 0 aliphatic carbocycles. The van der Waals surface area contributed by atoms with Gasteiger partial charge in [0.15, 0.2) is 23.5 Å². The zero-order valence-corrected chi connectivity index (χ0v) is 23.7. The van der Waals surface area contributed by atoms with E-state index in [2.05, 4.69) is 10.1 Å². The largest absolute Gasteiger partial charge is 0.544 e. The number of fused-ring (bicyclic) bond motifs is 1. The molecule has 2 saturated heterocycles. The van der Waals surface area contributed by atoms with Gasteiger partial charge in [0.2, 0.25) is 6.29 Å². The number of phenols is 1. The van der Waals surface area contributed by atoms with Gasteiger partial charge in [-0.25, -0.2) is 9.59 Å². The minimum absolute atomic E-state index is 0.0517. The lowest BCUT2D eigenvalue weighted by molar-refractivity contribution is -0.840. The summed E-state index contributed by atoms with van der Waals surface area (Å²) in [4.78, 5) is 58.9. The standard InChI is InChI=1S/C28H30N2O16/c31-8-19-22(46-27(42)12-9-43-26(12)41)20(33)21(34)28(45-19)44-18-6-11-5-16(25(39)40)30(15(11)7-17(18)32)2-1-10-3-13(23(35)36)29-14(4-10)24(37)38/h1,3,6-7,12,14,16,19-22,28-29,31-34H,2,4-5,8-9H2,(H,35,36)(H,37,38)(H,39,40). The highest BCUT2D eigenvalue weighted by Gasteiger charge is 2.50. The molecule has 1 aromatic carbocycles. The van der Waals surface area contributed by atoms with Gasteiger partial charge >= 0.3 is 23.9 Å². The molecule has 5 rings (SSSR count). The van der Waals surface area contributed by atoms with Crippen molar-refractivity contribution in [2.24, 2.45) is 5.92 Å². The van der Waals surface area contributed by atoms with Gasteiger partial charge in [-0.1, -0.05) is 0 Å². The van der Waals surface area contributed by atoms with Crippen LogP contribution in [0.5, 0.6) is 11.5 Å². The van der Waals surface area contributed by atoms with Crippen LogP contribution in [0.2, 0.25) is 0 Å². The third-order valence-corrected chi connectivity index (χ3v) is 8.15. The maximum Gasteiger partial charge on any atom is 0.351 e. The van der Waals surface area contributed by atoms with Crippen molar-refractivity contribution in [1.29, 1.82) is 0 Å². The second kappa shape index (κ2) is 12.9. The van der Waals surface area contributed by atoms with Crippen molar-refractivity contribution < 1.29 is 83.6 Å². The normalized spacial score (nSPS) is 32.7. The number of ether oxygens (including phenoxy) is 4. The van der Waals surface area contributed by atoms with Gasteiger partial charge < -0.3 is 64.8 Å². The SMILES string of the molecule is O=C(O)C1=CC(=CC[NH+]2c3cc(O)c(OC4OC(CO)C(OC(=O)C5COC5=O)C(O)C4O)cc3CC2C(=O)[O-])CC(C(=O)O)N1. The number of rotatable bonds is 10. The molecule has 18 nitrogen and oxygen atoms in total. The molecule has 0 amide bonds. The predicted octanol–water partition coefficient (Wildman–Crippen LogP) is -5.17. The summed E-state index contributed by atoms with van der Waals surface area (Å²) in [6.45, 7) is -1.08. The molecule has 8 N–H and O–H groups in total. The van der Waals surface area contributed by atoms with Crippen molar-refractivity contribution in [2.45, 2.75) is 55.6 Å². The minimum atomic E-state index is -1.88. The number of aliphatic carboxylic acids is 3. The Kier molecular flexibility index (Phi) is 9.17. The molecule has 0 bridgehead atoms. The quantitative estimate of drug-likeness (QED) is 0.0867. The van der Waals surface area contributed by atoms with Gasteiger partial charge in [0.25, 0.3) is 0 Å². The van der Waals surface area contributed by atoms with Crippen molar-refractivity contribution >= 4 is 35.5 Å². The van der Waals surface area contributed by atoms with E-state index in [-0.39, 0.29) is 37.4 Å². The number of cyclic esters (lactones) is 1. The number of carboxylic acid groups (broad SMARTS) is 3. The molecule has 2 fully saturated rings. The Morgan fingerprint density at radius 2 is 1.87 bits per heavy atom. The highest BCUT2D eigenvalue weighted by molar-refractivity contribution is 5.98. The predicted molar refractivity (Wildman–Crippen MR) is 142 cm³/mol. The average molecular weight is 651 g/mol. The number of aliphatic hydroxyl groups is 3. The van der Waals surface area contributed by atoms with Crippen molar-refractivity contribution in [3.8, 4) is 11.5 Å². The smallest absolute Gasteiger partial charge is 0.351 e. The third-order valence-electron chi connectivity index (χ3n) is 8.15. The van der Waals surface area contributed by atoms with Crippen LogP contribution >= 0.6 is 0 Å². The Morgan fingerprint density at radius 1 is 1.13 bits per heavy atom. The highest BCUT2D eigenvalue weighted by Crippen LogP contribution is 2.36. The van der Waals surface area contributed by atoms with Crippen LogP contribution in [0.25, 0.3) is 0 Å². The first kappa shape index (κ1) is 32.6. The van der Waals surface area contributed by atoms with Gasteiger partial charge in [-0.15, -0.1) is 0 Å². The van der Waals surface area contributed by atoms with Crippen LogP contribution in [0.4, 0.5) is 5.69 Å². The average Bonchev–Trinajstić information content (AvgIpc) is 3.36. The molecular weight excluding hydrogens is 620 g/mol. The number of esters is 2. The first-order valence-electron chi connectivity index (χ1n) is 14.0. The number of hydrogen-bond acceptors (Lipinski definition) is 15. The van der Waals surface area contributed by atoms with E-state index >= 15 is 0 Å². The molecule has 4 heterocycles. The summed E-state index contributed by atoms with van der Waals surface area (Å²) in [7, 11) is 0. The first-order valence-corrected chi connectivity index (χ1v) is 14.0. The summed E-state index contributed by atoms with van der Waals surface area (Å²) in [5, 5.41) is 75.1. The summed E-state index contributed by atoms with van der Waals surface area (Å²) in [5.74, 6) is -7.98. The number of aliphatic hydroxyl groups excluding tert-OH is 3. The van der Waals surface area contributed by atoms with Crippen LogP contribution in [-0.2, 0) is 44.6 Å². The van der Waals surface area contributed by atoms with Crippen LogP contribution in [0.3, 0.4) is 0 Å². The number of quaternary nitrogens is 1. The second-order valence-corrected chi connectivity index (χ2v) is 11.1. The summed E-state index contributed by atoms with van der Waals surface area (Å²) < 4.78 is 20.7. The van der Waals surface area contributed by atoms with Gasteiger partial charge in [-0.05, 0) is 23.8 Å². The topological polar surface area (TPSA) is 283 Å². The molecule has 0 saturated carbocycles. The van der Waals surface area contributed by atoms with Gasteiger partial charge in [0.1, 0.15) is 60.9 Å². The zero-order chi connectivity index (χ0) is 33.4. The number of phenolic OH excluding ortho intramolecular Hbond substituents is 1. The van der Waals surface area contributed by atoms with E-state index in [1.807, 2.05) is 0 Å². The Hall–Kier alpha value is -4.75. The third kappa shape index (κ3) is 6.33. The molecule has 0 spiro atoms. The van der Waals surface area contributed by atoms with Gasteiger partial charge in [-0.3, -0.25) is 14.5 Å². The zero-order valence-electron chi connectivity index (χ0n) is 23.7. The van der Waals surface area contributed by atoms with E-state index in [0.29, 0.717) is 21.7 Å². The minimum Gasteiger partial charge on any atom is -0.544 e. The highest BCUT2D eigenvalue weighted by atomic mass is 16.7. The Labute approximate surface area is 258 Å². The van der Waals surface area contributed by atoms with Crippen molar-refractivity contribution in [3.63, 3.8) is 0 Å². The van der Waals surface area contributed by atoms with E-state index in [1.54, 1.807) is 0 Å². The molecule has 9 atom stereocenters. The Balaban J connectivity index is 1.33. The molecule has 1 aromatic rings. The molecular formula is C28H30N2O16. The Bertz CT molecular complexity index is 1500. The number of allylic oxidation sites excluding steroid dienone is 1. The molecule has 4 aliphatic heterocycles. The lowest BCUT2D eigenvalue weighted by atomic mass is 9.98. The van der Waals surface area contributed by atoms with Crippen LogP contribution < -0.4 is 20.1 Å². The fourth-order valence-corrected chi connectivity index (χ4v) is 5.63. The second-order valence-electron chi connectivity index (χ2n) is 11.1. The van der Waals surface area contributed by atoms with E-state index in [1.165, 1.54) is 24.3 Å². The van der Waals surface area contributed by atoms with Crippen LogP contribution in [0.15, 0.2) is 35.6 Å². The fourth-order valence-electron chi connectivity index (χ4n) is 5.63. The summed E-state index contributed by atoms with van der Waals surface area (Å²) in [6, 6.07) is 0.120. The fraction of sp³-hybridized carbons (Fsp3) is 0.464. The molecule has 4 aliphatic rings. The van der Waals surface area contributed by atoms with Crippen molar-refractivity contribution in [2.75, 3.05) is 19.8 Å². The van der Waals surface area contributed by atoms with Gasteiger partial charge in [0, 0.05) is 24.5 Å². The van der Waals surface area contributed by atoms with Crippen LogP contribution in [0, 0.1) is 5.92 Å². The lowest BCUT2D eigenvalue weighted by Gasteiger charge is -2.41. The summed E-state index contributed by atoms with van der Waals surface area (Å²) >= 11 is 0. The summed E-state index contributed by atoms with van der Waals surface area (Å²) in [6.07, 6.45) is -5.86. The number of carbonyl (C=O) groups is 5. The monoisotopic (exact) mass is 650 g/mol. The maximum absolute atomic E-state index is 12.2. The van der Waals surface area contributed by atoms with E-state index in [0.717, 1.165) is 0 Å². The van der Waals surface area contributed by atoms with Crippen LogP contribution in [0.1, 0.15) is 12.0 Å². The molecule has 18 heteroatoms. The molecule has 248 valence electrons. The Morgan fingerprint density at radius 3 is 2.46 bits per heavy atom. The number of hydrogen-bond donors (Lipinski definition) is 8. The lowest BCUT2D eigenvalue weighted by Crippen LogP contribution is -3.11. The first-order chi connectivity index (χ1) is 21.8. The summed E-state index contributed by atoms with van der Waals surface area (Å²) in [5.41, 5.74) is 0.699. The number of benzene rings is 1. The van der Waals surface area contributed by atoms with E-state index in [4.69, 9.17) is 14.2 Å². The number of nitrogens with one attached hydrogen (secondary N) is 2. The van der Waals surface area contributed by atoms with Crippen molar-refractivity contribution in [1.82, 2.24) is 5.32 Å². The van der Waals surface area contributed by atoms with Gasteiger partial charge in [0.05, 0.1) is 6.61 Å². The van der Waals surface area contributed by atoms with E-state index in [9.17, 15) is 59.7 Å². The maximum atomic E-state index is 12.2. The molecule has 0 radical (unpaired) electrons. The number of aromatic hydroxyl groups is 1.